The molecule has 3 heterocycles. The van der Waals surface area contributed by atoms with E-state index >= 15 is 0 Å². The zero-order chi connectivity index (χ0) is 31.6. The van der Waals surface area contributed by atoms with E-state index in [9.17, 15) is 18.0 Å². The Morgan fingerprint density at radius 1 is 1.07 bits per heavy atom. The molecule has 13 heteroatoms. The van der Waals surface area contributed by atoms with Gasteiger partial charge in [0.2, 0.25) is 0 Å². The molecule has 0 atom stereocenters. The van der Waals surface area contributed by atoms with E-state index in [0.29, 0.717) is 42.0 Å². The maximum Gasteiger partial charge on any atom is 0.435 e. The quantitative estimate of drug-likeness (QED) is 0.180. The number of aldehydes is 1. The Labute approximate surface area is 251 Å². The minimum Gasteiger partial charge on any atom is -0.497 e. The number of alkyl halides is 3. The number of aromatic nitrogens is 5. The molecule has 0 aliphatic carbocycles. The van der Waals surface area contributed by atoms with E-state index in [1.165, 1.54) is 13.2 Å². The topological polar surface area (TPSA) is 96.5 Å². The van der Waals surface area contributed by atoms with Crippen LogP contribution in [-0.2, 0) is 19.8 Å². The largest absolute Gasteiger partial charge is 0.497 e. The summed E-state index contributed by atoms with van der Waals surface area (Å²) in [6.07, 6.45) is 2.04. The van der Waals surface area contributed by atoms with Gasteiger partial charge in [0, 0.05) is 73.2 Å². The van der Waals surface area contributed by atoms with E-state index in [1.54, 1.807) is 55.7 Å². The van der Waals surface area contributed by atoms with Gasteiger partial charge in [-0.1, -0.05) is 0 Å². The van der Waals surface area contributed by atoms with Gasteiger partial charge < -0.3 is 23.7 Å². The van der Waals surface area contributed by atoms with Gasteiger partial charge in [-0.3, -0.25) is 9.48 Å². The summed E-state index contributed by atoms with van der Waals surface area (Å²) in [5.74, 6) is 1.20. The SMILES string of the molecule is COc1cc(OC)c2nc(C)cc(N(C)CCOc3c(C=O)cc(Cn4ccnc4)cc3-c3cn(C)nc3C(F)(F)F)c2c1. The molecule has 3 aromatic heterocycles. The first-order valence-electron chi connectivity index (χ1n) is 13.6. The first-order chi connectivity index (χ1) is 21.0. The van der Waals surface area contributed by atoms with Gasteiger partial charge in [0.05, 0.1) is 32.7 Å². The number of rotatable bonds is 11. The lowest BCUT2D eigenvalue weighted by molar-refractivity contribution is -0.141. The average Bonchev–Trinajstić information content (AvgIpc) is 3.65. The number of hydrogen-bond donors (Lipinski definition) is 0. The summed E-state index contributed by atoms with van der Waals surface area (Å²) in [6, 6.07) is 8.74. The minimum absolute atomic E-state index is 0.0420. The molecule has 5 aromatic rings. The number of ether oxygens (including phenoxy) is 3. The Balaban J connectivity index is 1.51. The lowest BCUT2D eigenvalue weighted by Crippen LogP contribution is -2.24. The van der Waals surface area contributed by atoms with Gasteiger partial charge in [-0.15, -0.1) is 0 Å². The molecule has 0 amide bonds. The third-order valence-corrected chi connectivity index (χ3v) is 7.11. The molecule has 0 saturated carbocycles. The van der Waals surface area contributed by atoms with Crippen LogP contribution in [0.5, 0.6) is 17.2 Å². The number of likely N-dealkylation sites (N-methyl/N-ethyl adjacent to an activating group) is 1. The van der Waals surface area contributed by atoms with E-state index < -0.39 is 11.9 Å². The molecule has 0 N–H and O–H groups in total. The molecule has 0 fully saturated rings. The normalized spacial score (nSPS) is 11.5. The fraction of sp³-hybridized carbons (Fsp3) is 0.290. The van der Waals surface area contributed by atoms with Gasteiger partial charge >= 0.3 is 6.18 Å². The molecular formula is C31H31F3N6O4. The first-order valence-corrected chi connectivity index (χ1v) is 13.6. The summed E-state index contributed by atoms with van der Waals surface area (Å²) in [6.45, 7) is 2.54. The van der Waals surface area contributed by atoms with Gasteiger partial charge in [-0.05, 0) is 36.8 Å². The number of carbonyl (C=O) groups excluding carboxylic acids is 1. The second-order valence-electron chi connectivity index (χ2n) is 10.3. The van der Waals surface area contributed by atoms with Crippen molar-refractivity contribution < 1.29 is 32.2 Å². The number of halogens is 3. The van der Waals surface area contributed by atoms with Crippen LogP contribution in [0.3, 0.4) is 0 Å². The van der Waals surface area contributed by atoms with E-state index in [4.69, 9.17) is 14.2 Å². The van der Waals surface area contributed by atoms with Crippen LogP contribution < -0.4 is 19.1 Å². The molecule has 0 spiro atoms. The summed E-state index contributed by atoms with van der Waals surface area (Å²) in [5, 5.41) is 4.46. The first kappa shape index (κ1) is 30.4. The zero-order valence-electron chi connectivity index (χ0n) is 24.8. The number of nitrogens with zero attached hydrogens (tertiary/aromatic N) is 6. The Morgan fingerprint density at radius 2 is 1.86 bits per heavy atom. The van der Waals surface area contributed by atoms with Crippen molar-refractivity contribution in [3.05, 3.63) is 77.8 Å². The summed E-state index contributed by atoms with van der Waals surface area (Å²) in [5.41, 5.74) is 1.83. The maximum atomic E-state index is 14.1. The van der Waals surface area contributed by atoms with Crippen molar-refractivity contribution >= 4 is 22.9 Å². The van der Waals surface area contributed by atoms with E-state index in [2.05, 4.69) is 15.1 Å². The molecule has 0 radical (unpaired) electrons. The molecule has 10 nitrogen and oxygen atoms in total. The number of benzene rings is 2. The third-order valence-electron chi connectivity index (χ3n) is 7.11. The van der Waals surface area contributed by atoms with Crippen LogP contribution in [0.1, 0.15) is 27.3 Å². The summed E-state index contributed by atoms with van der Waals surface area (Å²) < 4.78 is 62.1. The summed E-state index contributed by atoms with van der Waals surface area (Å²) in [7, 11) is 6.40. The Morgan fingerprint density at radius 3 is 2.52 bits per heavy atom. The fourth-order valence-electron chi connectivity index (χ4n) is 5.11. The molecule has 0 unspecified atom stereocenters. The highest BCUT2D eigenvalue weighted by atomic mass is 19.4. The van der Waals surface area contributed by atoms with Crippen molar-refractivity contribution in [2.75, 3.05) is 39.3 Å². The number of methoxy groups -OCH3 is 2. The number of hydrogen-bond acceptors (Lipinski definition) is 8. The highest BCUT2D eigenvalue weighted by molar-refractivity contribution is 5.96. The van der Waals surface area contributed by atoms with Crippen molar-refractivity contribution in [3.8, 4) is 28.4 Å². The number of pyridine rings is 1. The lowest BCUT2D eigenvalue weighted by atomic mass is 9.98. The highest BCUT2D eigenvalue weighted by Crippen LogP contribution is 2.42. The van der Waals surface area contributed by atoms with Gasteiger partial charge in [-0.25, -0.2) is 9.97 Å². The second kappa shape index (κ2) is 12.3. The van der Waals surface area contributed by atoms with Crippen LogP contribution in [0.2, 0.25) is 0 Å². The minimum atomic E-state index is -4.72. The Bertz CT molecular complexity index is 1800. The van der Waals surface area contributed by atoms with Crippen molar-refractivity contribution in [3.63, 3.8) is 0 Å². The fourth-order valence-corrected chi connectivity index (χ4v) is 5.11. The Kier molecular flexibility index (Phi) is 8.47. The third kappa shape index (κ3) is 6.17. The molecule has 0 aliphatic heterocycles. The summed E-state index contributed by atoms with van der Waals surface area (Å²) in [4.78, 5) is 22.9. The molecule has 230 valence electrons. The number of anilines is 1. The molecule has 0 bridgehead atoms. The number of aryl methyl sites for hydroxylation is 2. The molecular weight excluding hydrogens is 577 g/mol. The average molecular weight is 609 g/mol. The standard InChI is InChI=1S/C31H31F3N6O4/c1-19-10-26(24-13-22(42-4)14-27(43-5)28(24)36-19)38(2)8-9-44-29-21(17-41)11-20(15-40-7-6-35-18-40)12-23(29)25-16-39(3)37-30(25)31(32,33)34/h6-7,10-14,16-18H,8-9,15H2,1-5H3. The molecule has 2 aromatic carbocycles. The molecule has 0 saturated heterocycles. The predicted molar refractivity (Wildman–Crippen MR) is 159 cm³/mol. The van der Waals surface area contributed by atoms with E-state index in [0.717, 1.165) is 21.4 Å². The van der Waals surface area contributed by atoms with E-state index in [-0.39, 0.29) is 29.0 Å². The van der Waals surface area contributed by atoms with Crippen LogP contribution in [0.25, 0.3) is 22.0 Å². The van der Waals surface area contributed by atoms with E-state index in [1.807, 2.05) is 31.0 Å². The zero-order valence-corrected chi connectivity index (χ0v) is 24.8. The van der Waals surface area contributed by atoms with Crippen molar-refractivity contribution in [1.82, 2.24) is 24.3 Å². The van der Waals surface area contributed by atoms with Gasteiger partial charge in [0.1, 0.15) is 29.4 Å². The van der Waals surface area contributed by atoms with Crippen molar-refractivity contribution in [2.24, 2.45) is 7.05 Å². The van der Waals surface area contributed by atoms with Crippen LogP contribution in [0.15, 0.2) is 55.2 Å². The van der Waals surface area contributed by atoms with Crippen LogP contribution in [0.4, 0.5) is 18.9 Å². The molecule has 44 heavy (non-hydrogen) atoms. The van der Waals surface area contributed by atoms with Gasteiger partial charge in [0.15, 0.2) is 12.0 Å². The van der Waals surface area contributed by atoms with Crippen molar-refractivity contribution in [1.29, 1.82) is 0 Å². The summed E-state index contributed by atoms with van der Waals surface area (Å²) >= 11 is 0. The Hall–Kier alpha value is -5.07. The molecule has 5 rings (SSSR count). The smallest absolute Gasteiger partial charge is 0.435 e. The monoisotopic (exact) mass is 608 g/mol. The predicted octanol–water partition coefficient (Wildman–Crippen LogP) is 5.55. The number of imidazole rings is 1. The number of carbonyl (C=O) groups is 1. The van der Waals surface area contributed by atoms with Crippen LogP contribution in [0, 0.1) is 6.92 Å². The second-order valence-corrected chi connectivity index (χ2v) is 10.3. The van der Waals surface area contributed by atoms with Gasteiger partial charge in [-0.2, -0.15) is 18.3 Å². The lowest BCUT2D eigenvalue weighted by Gasteiger charge is -2.23. The van der Waals surface area contributed by atoms with Crippen molar-refractivity contribution in [2.45, 2.75) is 19.6 Å². The molecule has 0 aliphatic rings. The highest BCUT2D eigenvalue weighted by Gasteiger charge is 2.38. The maximum absolute atomic E-state index is 14.1. The van der Waals surface area contributed by atoms with Gasteiger partial charge in [0.25, 0.3) is 0 Å². The number of fused-ring (bicyclic) bond motifs is 1. The van der Waals surface area contributed by atoms with Crippen LogP contribution in [-0.4, -0.2) is 65.0 Å². The van der Waals surface area contributed by atoms with Crippen LogP contribution >= 0.6 is 0 Å².